The van der Waals surface area contributed by atoms with Gasteiger partial charge in [-0.2, -0.15) is 4.98 Å². The molecule has 1 fully saturated rings. The molecular weight excluding hydrogens is 194 g/mol. The molecule has 1 saturated heterocycles. The summed E-state index contributed by atoms with van der Waals surface area (Å²) in [5.74, 6) is 1.40. The maximum atomic E-state index is 5.52. The molecule has 1 atom stereocenters. The van der Waals surface area contributed by atoms with E-state index >= 15 is 0 Å². The van der Waals surface area contributed by atoms with Gasteiger partial charge in [-0.1, -0.05) is 18.5 Å². The van der Waals surface area contributed by atoms with E-state index in [-0.39, 0.29) is 6.10 Å². The second-order valence-electron chi connectivity index (χ2n) is 3.72. The third-order valence-electron chi connectivity index (χ3n) is 2.44. The molecule has 15 heavy (non-hydrogen) atoms. The number of morpholine rings is 1. The minimum Gasteiger partial charge on any atom is -0.366 e. The Morgan fingerprint density at radius 2 is 2.47 bits per heavy atom. The summed E-state index contributed by atoms with van der Waals surface area (Å²) in [5.41, 5.74) is 0. The van der Waals surface area contributed by atoms with Crippen molar-refractivity contribution in [3.05, 3.63) is 11.7 Å². The Hall–Kier alpha value is -0.940. The summed E-state index contributed by atoms with van der Waals surface area (Å²) in [7, 11) is 0. The van der Waals surface area contributed by atoms with E-state index in [4.69, 9.17) is 9.26 Å². The van der Waals surface area contributed by atoms with Crippen molar-refractivity contribution in [1.29, 1.82) is 0 Å². The predicted molar refractivity (Wildman–Crippen MR) is 54.5 cm³/mol. The summed E-state index contributed by atoms with van der Waals surface area (Å²) < 4.78 is 10.7. The van der Waals surface area contributed by atoms with Gasteiger partial charge in [0.15, 0.2) is 5.82 Å². The largest absolute Gasteiger partial charge is 0.366 e. The van der Waals surface area contributed by atoms with E-state index in [2.05, 4.69) is 22.4 Å². The van der Waals surface area contributed by atoms with Gasteiger partial charge in [-0.3, -0.25) is 0 Å². The molecule has 0 aromatic carbocycles. The number of rotatable bonds is 4. The zero-order valence-electron chi connectivity index (χ0n) is 9.03. The minimum absolute atomic E-state index is 0.0679. The van der Waals surface area contributed by atoms with Gasteiger partial charge in [-0.15, -0.1) is 0 Å². The highest BCUT2D eigenvalue weighted by Gasteiger charge is 2.21. The average molecular weight is 211 g/mol. The topological polar surface area (TPSA) is 60.2 Å². The van der Waals surface area contributed by atoms with Crippen molar-refractivity contribution in [2.45, 2.75) is 32.3 Å². The highest BCUT2D eigenvalue weighted by Crippen LogP contribution is 2.16. The van der Waals surface area contributed by atoms with Crippen molar-refractivity contribution in [3.8, 4) is 0 Å². The Labute approximate surface area is 89.2 Å². The minimum atomic E-state index is -0.0679. The van der Waals surface area contributed by atoms with Crippen LogP contribution >= 0.6 is 0 Å². The number of nitrogens with one attached hydrogen (secondary N) is 1. The van der Waals surface area contributed by atoms with Crippen LogP contribution in [0.15, 0.2) is 4.52 Å². The lowest BCUT2D eigenvalue weighted by Crippen LogP contribution is -2.33. The van der Waals surface area contributed by atoms with E-state index in [1.54, 1.807) is 0 Å². The quantitative estimate of drug-likeness (QED) is 0.807. The third-order valence-corrected chi connectivity index (χ3v) is 2.44. The van der Waals surface area contributed by atoms with Crippen LogP contribution in [0.2, 0.25) is 0 Å². The fraction of sp³-hybridized carbons (Fsp3) is 0.800. The van der Waals surface area contributed by atoms with Crippen LogP contribution in [0.4, 0.5) is 0 Å². The number of hydrogen-bond acceptors (Lipinski definition) is 5. The molecule has 0 amide bonds. The molecule has 0 aliphatic carbocycles. The normalized spacial score (nSPS) is 21.8. The number of nitrogens with zero attached hydrogens (tertiary/aromatic N) is 2. The van der Waals surface area contributed by atoms with Crippen LogP contribution in [0.1, 0.15) is 37.6 Å². The molecule has 1 N–H and O–H groups in total. The third kappa shape index (κ3) is 2.76. The Morgan fingerprint density at radius 3 is 3.20 bits per heavy atom. The summed E-state index contributed by atoms with van der Waals surface area (Å²) >= 11 is 0. The monoisotopic (exact) mass is 211 g/mol. The maximum Gasteiger partial charge on any atom is 0.257 e. The van der Waals surface area contributed by atoms with Gasteiger partial charge in [0, 0.05) is 19.5 Å². The van der Waals surface area contributed by atoms with Crippen molar-refractivity contribution < 1.29 is 9.26 Å². The summed E-state index contributed by atoms with van der Waals surface area (Å²) in [6, 6.07) is 0. The highest BCUT2D eigenvalue weighted by atomic mass is 16.5. The lowest BCUT2D eigenvalue weighted by molar-refractivity contribution is 0.00755. The molecule has 1 aliphatic heterocycles. The van der Waals surface area contributed by atoms with E-state index in [0.717, 1.165) is 38.2 Å². The van der Waals surface area contributed by atoms with E-state index in [1.165, 1.54) is 0 Å². The average Bonchev–Trinajstić information content (AvgIpc) is 2.76. The first-order chi connectivity index (χ1) is 7.40. The van der Waals surface area contributed by atoms with Crippen LogP contribution in [-0.2, 0) is 11.2 Å². The fourth-order valence-electron chi connectivity index (χ4n) is 1.56. The second kappa shape index (κ2) is 5.23. The summed E-state index contributed by atoms with van der Waals surface area (Å²) in [4.78, 5) is 4.33. The van der Waals surface area contributed by atoms with E-state index in [1.807, 2.05) is 0 Å². The van der Waals surface area contributed by atoms with Gasteiger partial charge < -0.3 is 14.6 Å². The number of ether oxygens (including phenoxy) is 1. The number of hydrogen-bond donors (Lipinski definition) is 1. The lowest BCUT2D eigenvalue weighted by atomic mass is 10.2. The van der Waals surface area contributed by atoms with Gasteiger partial charge >= 0.3 is 0 Å². The zero-order valence-corrected chi connectivity index (χ0v) is 9.03. The molecule has 2 rings (SSSR count). The van der Waals surface area contributed by atoms with Gasteiger partial charge in [-0.25, -0.2) is 0 Å². The first-order valence-electron chi connectivity index (χ1n) is 5.55. The van der Waals surface area contributed by atoms with Crippen molar-refractivity contribution >= 4 is 0 Å². The summed E-state index contributed by atoms with van der Waals surface area (Å²) in [6.07, 6.45) is 3.07. The molecule has 0 radical (unpaired) electrons. The molecule has 5 nitrogen and oxygen atoms in total. The van der Waals surface area contributed by atoms with E-state index in [0.29, 0.717) is 12.5 Å². The molecule has 0 saturated carbocycles. The first-order valence-corrected chi connectivity index (χ1v) is 5.55. The van der Waals surface area contributed by atoms with Crippen LogP contribution in [0.25, 0.3) is 0 Å². The Kier molecular flexibility index (Phi) is 3.69. The van der Waals surface area contributed by atoms with Crippen molar-refractivity contribution in [2.75, 3.05) is 19.7 Å². The van der Waals surface area contributed by atoms with Crippen molar-refractivity contribution in [2.24, 2.45) is 0 Å². The smallest absolute Gasteiger partial charge is 0.257 e. The molecule has 1 aromatic heterocycles. The second-order valence-corrected chi connectivity index (χ2v) is 3.72. The van der Waals surface area contributed by atoms with Crippen LogP contribution in [0, 0.1) is 0 Å². The SMILES string of the molecule is CCCCc1noc(C2CNCCO2)n1. The van der Waals surface area contributed by atoms with Gasteiger partial charge in [0.2, 0.25) is 0 Å². The highest BCUT2D eigenvalue weighted by molar-refractivity contribution is 4.92. The number of aryl methyl sites for hydroxylation is 1. The van der Waals surface area contributed by atoms with Crippen molar-refractivity contribution in [3.63, 3.8) is 0 Å². The fourth-order valence-corrected chi connectivity index (χ4v) is 1.56. The van der Waals surface area contributed by atoms with E-state index < -0.39 is 0 Å². The molecule has 1 aliphatic rings. The van der Waals surface area contributed by atoms with Crippen molar-refractivity contribution in [1.82, 2.24) is 15.5 Å². The molecule has 0 spiro atoms. The molecular formula is C10H17N3O2. The zero-order chi connectivity index (χ0) is 10.5. The van der Waals surface area contributed by atoms with Gasteiger partial charge in [0.25, 0.3) is 5.89 Å². The predicted octanol–water partition coefficient (Wildman–Crippen LogP) is 1.07. The summed E-state index contributed by atoms with van der Waals surface area (Å²) in [6.45, 7) is 4.51. The van der Waals surface area contributed by atoms with Crippen LogP contribution in [-0.4, -0.2) is 29.8 Å². The summed E-state index contributed by atoms with van der Waals surface area (Å²) in [5, 5.41) is 7.17. The Bertz CT molecular complexity index is 295. The maximum absolute atomic E-state index is 5.52. The van der Waals surface area contributed by atoms with Gasteiger partial charge in [0.05, 0.1) is 6.61 Å². The number of unbranched alkanes of at least 4 members (excludes halogenated alkanes) is 1. The Balaban J connectivity index is 1.93. The molecule has 1 unspecified atom stereocenters. The molecule has 0 bridgehead atoms. The first kappa shape index (κ1) is 10.6. The molecule has 2 heterocycles. The Morgan fingerprint density at radius 1 is 1.53 bits per heavy atom. The van der Waals surface area contributed by atoms with Crippen LogP contribution in [0.3, 0.4) is 0 Å². The number of aromatic nitrogens is 2. The molecule has 1 aromatic rings. The molecule has 5 heteroatoms. The lowest BCUT2D eigenvalue weighted by Gasteiger charge is -2.19. The van der Waals surface area contributed by atoms with Crippen LogP contribution < -0.4 is 5.32 Å². The standard InChI is InChI=1S/C10H17N3O2/c1-2-3-4-9-12-10(15-13-9)8-7-11-5-6-14-8/h8,11H,2-7H2,1H3. The van der Waals surface area contributed by atoms with Crippen LogP contribution in [0.5, 0.6) is 0 Å². The van der Waals surface area contributed by atoms with Gasteiger partial charge in [-0.05, 0) is 6.42 Å². The van der Waals surface area contributed by atoms with Gasteiger partial charge in [0.1, 0.15) is 6.10 Å². The van der Waals surface area contributed by atoms with E-state index in [9.17, 15) is 0 Å². The molecule has 84 valence electrons.